The molecule has 0 spiro atoms. The summed E-state index contributed by atoms with van der Waals surface area (Å²) < 4.78 is 16.1. The number of nitrogens with one attached hydrogen (secondary N) is 1. The van der Waals surface area contributed by atoms with E-state index in [2.05, 4.69) is 20.4 Å². The van der Waals surface area contributed by atoms with Crippen LogP contribution in [0, 0.1) is 5.92 Å². The van der Waals surface area contributed by atoms with Gasteiger partial charge in [-0.1, -0.05) is 28.9 Å². The fourth-order valence-corrected chi connectivity index (χ4v) is 4.05. The number of benzene rings is 2. The Kier molecular flexibility index (Phi) is 5.48. The lowest BCUT2D eigenvalue weighted by Crippen LogP contribution is -2.37. The van der Waals surface area contributed by atoms with Crippen LogP contribution in [-0.4, -0.2) is 40.8 Å². The second kappa shape index (κ2) is 8.56. The lowest BCUT2D eigenvalue weighted by atomic mass is 9.96. The number of amides is 1. The second-order valence-electron chi connectivity index (χ2n) is 7.60. The topological polar surface area (TPSA) is 89.7 Å². The Bertz CT molecular complexity index is 1090. The lowest BCUT2D eigenvalue weighted by molar-refractivity contribution is -0.121. The summed E-state index contributed by atoms with van der Waals surface area (Å²) in [5.74, 6) is 2.37. The second-order valence-corrected chi connectivity index (χ2v) is 8.01. The first-order chi connectivity index (χ1) is 15.2. The number of piperidine rings is 1. The van der Waals surface area contributed by atoms with Crippen LogP contribution < -0.4 is 14.8 Å². The highest BCUT2D eigenvalue weighted by Crippen LogP contribution is 2.34. The third-order valence-electron chi connectivity index (χ3n) is 5.54. The number of halogens is 1. The largest absolute Gasteiger partial charge is 0.454 e. The quantitative estimate of drug-likeness (QED) is 0.642. The number of hydrogen-bond acceptors (Lipinski definition) is 7. The summed E-state index contributed by atoms with van der Waals surface area (Å²) >= 11 is 6.21. The minimum absolute atomic E-state index is 0.0253. The van der Waals surface area contributed by atoms with Crippen LogP contribution in [0.5, 0.6) is 11.5 Å². The molecule has 0 bridgehead atoms. The molecule has 160 valence electrons. The van der Waals surface area contributed by atoms with Gasteiger partial charge in [0.05, 0.1) is 11.6 Å². The van der Waals surface area contributed by atoms with Gasteiger partial charge in [-0.15, -0.1) is 0 Å². The van der Waals surface area contributed by atoms with Gasteiger partial charge >= 0.3 is 0 Å². The molecule has 1 aromatic heterocycles. The van der Waals surface area contributed by atoms with Crippen LogP contribution in [0.3, 0.4) is 0 Å². The number of anilines is 1. The van der Waals surface area contributed by atoms with Gasteiger partial charge in [-0.3, -0.25) is 9.69 Å². The molecule has 9 heteroatoms. The molecule has 2 aliphatic rings. The van der Waals surface area contributed by atoms with E-state index in [0.29, 0.717) is 34.8 Å². The number of nitrogens with zero attached hydrogens (tertiary/aromatic N) is 3. The molecule has 0 aliphatic carbocycles. The molecule has 1 saturated heterocycles. The van der Waals surface area contributed by atoms with Crippen LogP contribution in [0.2, 0.25) is 5.02 Å². The molecule has 0 saturated carbocycles. The molecule has 8 nitrogen and oxygen atoms in total. The Morgan fingerprint density at radius 2 is 1.94 bits per heavy atom. The SMILES string of the molecule is O=C(Nc1ccc2c(c1)OCO2)C1CCN(Cc2nc(-c3ccccc3Cl)no2)CC1. The monoisotopic (exact) mass is 440 g/mol. The van der Waals surface area contributed by atoms with E-state index >= 15 is 0 Å². The van der Waals surface area contributed by atoms with Gasteiger partial charge in [-0.2, -0.15) is 4.98 Å². The fraction of sp³-hybridized carbons (Fsp3) is 0.318. The predicted octanol–water partition coefficient (Wildman–Crippen LogP) is 3.97. The average molecular weight is 441 g/mol. The van der Waals surface area contributed by atoms with Crippen molar-refractivity contribution in [1.82, 2.24) is 15.0 Å². The van der Waals surface area contributed by atoms with Crippen molar-refractivity contribution in [2.45, 2.75) is 19.4 Å². The van der Waals surface area contributed by atoms with E-state index in [1.807, 2.05) is 30.3 Å². The number of hydrogen-bond donors (Lipinski definition) is 1. The summed E-state index contributed by atoms with van der Waals surface area (Å²) in [5, 5.41) is 7.62. The minimum atomic E-state index is -0.0388. The van der Waals surface area contributed by atoms with Crippen LogP contribution in [0.1, 0.15) is 18.7 Å². The van der Waals surface area contributed by atoms with Crippen LogP contribution in [0.25, 0.3) is 11.4 Å². The highest BCUT2D eigenvalue weighted by Gasteiger charge is 2.26. The zero-order chi connectivity index (χ0) is 21.2. The summed E-state index contributed by atoms with van der Waals surface area (Å²) in [4.78, 5) is 19.4. The van der Waals surface area contributed by atoms with E-state index in [9.17, 15) is 4.79 Å². The van der Waals surface area contributed by atoms with Crippen molar-refractivity contribution in [2.75, 3.05) is 25.2 Å². The first kappa shape index (κ1) is 19.8. The Morgan fingerprint density at radius 3 is 2.77 bits per heavy atom. The molecule has 5 rings (SSSR count). The van der Waals surface area contributed by atoms with Gasteiger partial charge in [0.1, 0.15) is 0 Å². The number of ether oxygens (including phenoxy) is 2. The zero-order valence-electron chi connectivity index (χ0n) is 16.7. The van der Waals surface area contributed by atoms with E-state index in [1.165, 1.54) is 0 Å². The summed E-state index contributed by atoms with van der Waals surface area (Å²) in [6.45, 7) is 2.32. The Morgan fingerprint density at radius 1 is 1.13 bits per heavy atom. The van der Waals surface area contributed by atoms with E-state index in [-0.39, 0.29) is 18.6 Å². The van der Waals surface area contributed by atoms with Crippen LogP contribution in [-0.2, 0) is 11.3 Å². The molecule has 0 radical (unpaired) electrons. The molecule has 2 aliphatic heterocycles. The molecule has 1 fully saturated rings. The maximum Gasteiger partial charge on any atom is 0.241 e. The third kappa shape index (κ3) is 4.35. The van der Waals surface area contributed by atoms with Gasteiger partial charge < -0.3 is 19.3 Å². The maximum atomic E-state index is 12.7. The average Bonchev–Trinajstić information content (AvgIpc) is 3.44. The molecule has 31 heavy (non-hydrogen) atoms. The summed E-state index contributed by atoms with van der Waals surface area (Å²) in [5.41, 5.74) is 1.47. The van der Waals surface area contributed by atoms with Gasteiger partial charge in [0, 0.05) is 23.2 Å². The molecule has 1 N–H and O–H groups in total. The van der Waals surface area contributed by atoms with Crippen LogP contribution in [0.4, 0.5) is 5.69 Å². The van der Waals surface area contributed by atoms with E-state index in [4.69, 9.17) is 25.6 Å². The molecule has 3 aromatic rings. The summed E-state index contributed by atoms with van der Waals surface area (Å²) in [7, 11) is 0. The van der Waals surface area contributed by atoms with Gasteiger partial charge in [0.15, 0.2) is 11.5 Å². The Hall–Kier alpha value is -3.10. The van der Waals surface area contributed by atoms with Crippen molar-refractivity contribution in [3.8, 4) is 22.9 Å². The predicted molar refractivity (Wildman–Crippen MR) is 114 cm³/mol. The van der Waals surface area contributed by atoms with Crippen molar-refractivity contribution < 1.29 is 18.8 Å². The van der Waals surface area contributed by atoms with Gasteiger partial charge in [0.25, 0.3) is 0 Å². The fourth-order valence-electron chi connectivity index (χ4n) is 3.83. The highest BCUT2D eigenvalue weighted by molar-refractivity contribution is 6.33. The highest BCUT2D eigenvalue weighted by atomic mass is 35.5. The first-order valence-corrected chi connectivity index (χ1v) is 10.5. The number of carbonyl (C=O) groups is 1. The van der Waals surface area contributed by atoms with Gasteiger partial charge in [-0.05, 0) is 50.2 Å². The minimum Gasteiger partial charge on any atom is -0.454 e. The van der Waals surface area contributed by atoms with Crippen molar-refractivity contribution >= 4 is 23.2 Å². The number of aromatic nitrogens is 2. The first-order valence-electron chi connectivity index (χ1n) is 10.2. The molecule has 2 aromatic carbocycles. The van der Waals surface area contributed by atoms with Gasteiger partial charge in [0.2, 0.25) is 24.4 Å². The Balaban J connectivity index is 1.14. The van der Waals surface area contributed by atoms with E-state index in [0.717, 1.165) is 37.2 Å². The molecule has 0 unspecified atom stereocenters. The number of carbonyl (C=O) groups excluding carboxylic acids is 1. The number of fused-ring (bicyclic) bond motifs is 1. The number of likely N-dealkylation sites (tertiary alicyclic amines) is 1. The van der Waals surface area contributed by atoms with Crippen molar-refractivity contribution in [3.05, 3.63) is 53.4 Å². The summed E-state index contributed by atoms with van der Waals surface area (Å²) in [6.07, 6.45) is 1.53. The van der Waals surface area contributed by atoms with Crippen molar-refractivity contribution in [2.24, 2.45) is 5.92 Å². The lowest BCUT2D eigenvalue weighted by Gasteiger charge is -2.30. The smallest absolute Gasteiger partial charge is 0.241 e. The molecular weight excluding hydrogens is 420 g/mol. The standard InChI is InChI=1S/C22H21ClN4O4/c23-17-4-2-1-3-16(17)21-25-20(31-26-21)12-27-9-7-14(8-10-27)22(28)24-15-5-6-18-19(11-15)30-13-29-18/h1-6,11,14H,7-10,12-13H2,(H,24,28). The van der Waals surface area contributed by atoms with Crippen molar-refractivity contribution in [3.63, 3.8) is 0 Å². The van der Waals surface area contributed by atoms with Crippen molar-refractivity contribution in [1.29, 1.82) is 0 Å². The maximum absolute atomic E-state index is 12.7. The Labute approximate surface area is 184 Å². The zero-order valence-corrected chi connectivity index (χ0v) is 17.5. The molecular formula is C22H21ClN4O4. The van der Waals surface area contributed by atoms with Crippen LogP contribution >= 0.6 is 11.6 Å². The van der Waals surface area contributed by atoms with E-state index in [1.54, 1.807) is 12.1 Å². The third-order valence-corrected chi connectivity index (χ3v) is 5.87. The molecule has 1 amide bonds. The molecule has 3 heterocycles. The summed E-state index contributed by atoms with van der Waals surface area (Å²) in [6, 6.07) is 12.8. The molecule has 0 atom stereocenters. The number of rotatable bonds is 5. The van der Waals surface area contributed by atoms with E-state index < -0.39 is 0 Å². The van der Waals surface area contributed by atoms with Gasteiger partial charge in [-0.25, -0.2) is 0 Å². The normalized spacial score (nSPS) is 16.4. The van der Waals surface area contributed by atoms with Crippen LogP contribution in [0.15, 0.2) is 47.0 Å².